The number of sulfonamides is 1. The van der Waals surface area contributed by atoms with E-state index in [2.05, 4.69) is 10.0 Å². The van der Waals surface area contributed by atoms with Gasteiger partial charge in [-0.2, -0.15) is 0 Å². The summed E-state index contributed by atoms with van der Waals surface area (Å²) in [5.74, 6) is -1.19. The van der Waals surface area contributed by atoms with E-state index in [1.165, 1.54) is 11.8 Å². The Kier molecular flexibility index (Phi) is 8.54. The Bertz CT molecular complexity index is 1070. The van der Waals surface area contributed by atoms with Crippen LogP contribution in [0.2, 0.25) is 0 Å². The Labute approximate surface area is 189 Å². The quantitative estimate of drug-likeness (QED) is 0.567. The third kappa shape index (κ3) is 7.81. The van der Waals surface area contributed by atoms with E-state index in [4.69, 9.17) is 0 Å². The molecule has 0 aliphatic heterocycles. The number of amides is 2. The summed E-state index contributed by atoms with van der Waals surface area (Å²) in [5, 5.41) is 2.78. The molecule has 2 rings (SSSR count). The summed E-state index contributed by atoms with van der Waals surface area (Å²) in [6.45, 7) is 4.97. The van der Waals surface area contributed by atoms with Gasteiger partial charge in [0, 0.05) is 17.8 Å². The molecule has 0 bridgehead atoms. The zero-order chi connectivity index (χ0) is 23.9. The van der Waals surface area contributed by atoms with Crippen LogP contribution in [0, 0.1) is 5.92 Å². The first-order chi connectivity index (χ1) is 15.0. The molecule has 2 amide bonds. The second kappa shape index (κ2) is 10.9. The standard InChI is InChI=1S/C23H29N3O5S/c1-16(2)21(24-22(28)19-10-6-5-7-11-19)23(29)26(14-17(3)27)15-18-9-8-12-20(13-18)25-32(4,30)31/h5-13,16,21,25H,14-15H2,1-4H3,(H,24,28). The predicted octanol–water partition coefficient (Wildman–Crippen LogP) is 2.43. The van der Waals surface area contributed by atoms with E-state index < -0.39 is 16.1 Å². The number of carbonyl (C=O) groups excluding carboxylic acids is 3. The van der Waals surface area contributed by atoms with Crippen LogP contribution in [-0.4, -0.2) is 49.8 Å². The SMILES string of the molecule is CC(=O)CN(Cc1cccc(NS(C)(=O)=O)c1)C(=O)C(NC(=O)c1ccccc1)C(C)C. The van der Waals surface area contributed by atoms with E-state index in [1.54, 1.807) is 54.6 Å². The van der Waals surface area contributed by atoms with Crippen LogP contribution in [0.5, 0.6) is 0 Å². The number of benzene rings is 2. The van der Waals surface area contributed by atoms with Crippen molar-refractivity contribution in [2.24, 2.45) is 5.92 Å². The lowest BCUT2D eigenvalue weighted by Gasteiger charge is -2.29. The third-order valence-corrected chi connectivity index (χ3v) is 5.19. The minimum atomic E-state index is -3.45. The summed E-state index contributed by atoms with van der Waals surface area (Å²) in [6.07, 6.45) is 1.05. The highest BCUT2D eigenvalue weighted by molar-refractivity contribution is 7.92. The predicted molar refractivity (Wildman–Crippen MR) is 124 cm³/mol. The third-order valence-electron chi connectivity index (χ3n) is 4.58. The van der Waals surface area contributed by atoms with Gasteiger partial charge in [-0.15, -0.1) is 0 Å². The van der Waals surface area contributed by atoms with Crippen LogP contribution in [0.15, 0.2) is 54.6 Å². The number of rotatable bonds is 10. The number of carbonyl (C=O) groups is 3. The Hall–Kier alpha value is -3.20. The van der Waals surface area contributed by atoms with Crippen LogP contribution >= 0.6 is 0 Å². The summed E-state index contributed by atoms with van der Waals surface area (Å²) in [4.78, 5) is 39.2. The number of nitrogens with one attached hydrogen (secondary N) is 2. The molecule has 9 heteroatoms. The van der Waals surface area contributed by atoms with Crippen LogP contribution in [0.25, 0.3) is 0 Å². The monoisotopic (exact) mass is 459 g/mol. The van der Waals surface area contributed by atoms with Crippen LogP contribution in [0.1, 0.15) is 36.7 Å². The first kappa shape index (κ1) is 25.1. The molecule has 0 spiro atoms. The van der Waals surface area contributed by atoms with Gasteiger partial charge in [0.05, 0.1) is 12.8 Å². The summed E-state index contributed by atoms with van der Waals surface area (Å²) >= 11 is 0. The summed E-state index contributed by atoms with van der Waals surface area (Å²) < 4.78 is 25.4. The lowest BCUT2D eigenvalue weighted by molar-refractivity contribution is -0.138. The molecule has 32 heavy (non-hydrogen) atoms. The topological polar surface area (TPSA) is 113 Å². The Balaban J connectivity index is 2.26. The molecule has 0 saturated heterocycles. The molecule has 0 aliphatic carbocycles. The van der Waals surface area contributed by atoms with Gasteiger partial charge in [-0.05, 0) is 42.7 Å². The molecule has 2 N–H and O–H groups in total. The van der Waals surface area contributed by atoms with Gasteiger partial charge in [0.15, 0.2) is 0 Å². The van der Waals surface area contributed by atoms with Gasteiger partial charge in [0.2, 0.25) is 15.9 Å². The average Bonchev–Trinajstić information content (AvgIpc) is 2.70. The van der Waals surface area contributed by atoms with Gasteiger partial charge in [0.25, 0.3) is 5.91 Å². The summed E-state index contributed by atoms with van der Waals surface area (Å²) in [7, 11) is -3.45. The smallest absolute Gasteiger partial charge is 0.251 e. The molecular weight excluding hydrogens is 430 g/mol. The highest BCUT2D eigenvalue weighted by Gasteiger charge is 2.29. The van der Waals surface area contributed by atoms with Gasteiger partial charge < -0.3 is 10.2 Å². The molecule has 0 saturated carbocycles. The molecule has 0 fully saturated rings. The van der Waals surface area contributed by atoms with E-state index in [-0.39, 0.29) is 36.6 Å². The molecule has 1 unspecified atom stereocenters. The first-order valence-corrected chi connectivity index (χ1v) is 12.1. The highest BCUT2D eigenvalue weighted by Crippen LogP contribution is 2.16. The summed E-state index contributed by atoms with van der Waals surface area (Å²) in [5.41, 5.74) is 1.44. The second-order valence-corrected chi connectivity index (χ2v) is 9.78. The zero-order valence-corrected chi connectivity index (χ0v) is 19.5. The Morgan fingerprint density at radius 3 is 2.22 bits per heavy atom. The van der Waals surface area contributed by atoms with Gasteiger partial charge in [0.1, 0.15) is 11.8 Å². The van der Waals surface area contributed by atoms with Crippen molar-refractivity contribution in [1.29, 1.82) is 0 Å². The molecule has 8 nitrogen and oxygen atoms in total. The minimum absolute atomic E-state index is 0.0854. The Morgan fingerprint density at radius 2 is 1.66 bits per heavy atom. The molecule has 2 aromatic rings. The van der Waals surface area contributed by atoms with Crippen LogP contribution < -0.4 is 10.0 Å². The molecule has 0 radical (unpaired) electrons. The van der Waals surface area contributed by atoms with Gasteiger partial charge in [-0.3, -0.25) is 19.1 Å². The highest BCUT2D eigenvalue weighted by atomic mass is 32.2. The Morgan fingerprint density at radius 1 is 1.00 bits per heavy atom. The molecule has 0 aromatic heterocycles. The van der Waals surface area contributed by atoms with Crippen molar-refractivity contribution in [3.63, 3.8) is 0 Å². The van der Waals surface area contributed by atoms with Crippen molar-refractivity contribution >= 4 is 33.3 Å². The summed E-state index contributed by atoms with van der Waals surface area (Å²) in [6, 6.07) is 14.4. The molecular formula is C23H29N3O5S. The molecule has 1 atom stereocenters. The lowest BCUT2D eigenvalue weighted by atomic mass is 10.0. The average molecular weight is 460 g/mol. The maximum absolute atomic E-state index is 13.4. The fraction of sp³-hybridized carbons (Fsp3) is 0.348. The lowest BCUT2D eigenvalue weighted by Crippen LogP contribution is -2.52. The van der Waals surface area contributed by atoms with Crippen LogP contribution in [0.3, 0.4) is 0 Å². The van der Waals surface area contributed by atoms with Crippen molar-refractivity contribution in [2.75, 3.05) is 17.5 Å². The van der Waals surface area contributed by atoms with Gasteiger partial charge in [-0.25, -0.2) is 8.42 Å². The maximum atomic E-state index is 13.4. The van der Waals surface area contributed by atoms with E-state index in [1.807, 2.05) is 13.8 Å². The van der Waals surface area contributed by atoms with Crippen LogP contribution in [-0.2, 0) is 26.2 Å². The fourth-order valence-corrected chi connectivity index (χ4v) is 3.73. The molecule has 2 aromatic carbocycles. The van der Waals surface area contributed by atoms with Crippen molar-refractivity contribution in [1.82, 2.24) is 10.2 Å². The maximum Gasteiger partial charge on any atom is 0.251 e. The molecule has 172 valence electrons. The van der Waals surface area contributed by atoms with Gasteiger partial charge >= 0.3 is 0 Å². The fourth-order valence-electron chi connectivity index (χ4n) is 3.17. The second-order valence-electron chi connectivity index (χ2n) is 8.03. The molecule has 0 heterocycles. The number of Topliss-reactive ketones (excluding diaryl/α,β-unsaturated/α-hetero) is 1. The van der Waals surface area contributed by atoms with E-state index in [0.29, 0.717) is 16.8 Å². The van der Waals surface area contributed by atoms with E-state index in [0.717, 1.165) is 6.26 Å². The minimum Gasteiger partial charge on any atom is -0.340 e. The van der Waals surface area contributed by atoms with E-state index in [9.17, 15) is 22.8 Å². The molecule has 0 aliphatic rings. The zero-order valence-electron chi connectivity index (χ0n) is 18.7. The number of hydrogen-bond acceptors (Lipinski definition) is 5. The van der Waals surface area contributed by atoms with Gasteiger partial charge in [-0.1, -0.05) is 44.2 Å². The number of anilines is 1. The largest absolute Gasteiger partial charge is 0.340 e. The van der Waals surface area contributed by atoms with Crippen molar-refractivity contribution in [3.8, 4) is 0 Å². The first-order valence-electron chi connectivity index (χ1n) is 10.2. The van der Waals surface area contributed by atoms with Crippen molar-refractivity contribution < 1.29 is 22.8 Å². The van der Waals surface area contributed by atoms with Crippen molar-refractivity contribution in [3.05, 3.63) is 65.7 Å². The van der Waals surface area contributed by atoms with E-state index >= 15 is 0 Å². The normalized spacial score (nSPS) is 12.2. The van der Waals surface area contributed by atoms with Crippen LogP contribution in [0.4, 0.5) is 5.69 Å². The number of hydrogen-bond donors (Lipinski definition) is 2. The van der Waals surface area contributed by atoms with Crippen molar-refractivity contribution in [2.45, 2.75) is 33.4 Å². The number of ketones is 1. The number of nitrogens with zero attached hydrogens (tertiary/aromatic N) is 1.